The maximum Gasteiger partial charge on any atom is 0.0562 e. The highest BCUT2D eigenvalue weighted by Crippen LogP contribution is 2.13. The van der Waals surface area contributed by atoms with Gasteiger partial charge < -0.3 is 10.2 Å². The minimum Gasteiger partial charge on any atom is -0.375 e. The standard InChI is InChI=1S/C13H23N3/c1-5-8-16(4)13-6-7-14-12(9-13)10-15-11(2)3/h6-7,9,11,15H,5,8,10H2,1-4H3. The van der Waals surface area contributed by atoms with Crippen molar-refractivity contribution in [2.24, 2.45) is 0 Å². The van der Waals surface area contributed by atoms with Gasteiger partial charge in [0.1, 0.15) is 0 Å². The Morgan fingerprint density at radius 2 is 2.19 bits per heavy atom. The Labute approximate surface area is 98.9 Å². The zero-order valence-corrected chi connectivity index (χ0v) is 10.8. The molecule has 1 rings (SSSR count). The third kappa shape index (κ3) is 4.19. The molecule has 0 aliphatic rings. The van der Waals surface area contributed by atoms with E-state index in [1.807, 2.05) is 6.20 Å². The Balaban J connectivity index is 2.63. The summed E-state index contributed by atoms with van der Waals surface area (Å²) in [6, 6.07) is 4.72. The summed E-state index contributed by atoms with van der Waals surface area (Å²) in [5, 5.41) is 3.38. The normalized spacial score (nSPS) is 10.8. The topological polar surface area (TPSA) is 28.2 Å². The van der Waals surface area contributed by atoms with Crippen molar-refractivity contribution in [1.29, 1.82) is 0 Å². The highest BCUT2D eigenvalue weighted by atomic mass is 15.1. The number of hydrogen-bond donors (Lipinski definition) is 1. The molecule has 3 nitrogen and oxygen atoms in total. The van der Waals surface area contributed by atoms with E-state index in [0.29, 0.717) is 6.04 Å². The largest absolute Gasteiger partial charge is 0.375 e. The smallest absolute Gasteiger partial charge is 0.0562 e. The summed E-state index contributed by atoms with van der Waals surface area (Å²) in [6.45, 7) is 8.41. The zero-order chi connectivity index (χ0) is 12.0. The first-order valence-electron chi connectivity index (χ1n) is 6.03. The molecule has 1 aromatic heterocycles. The van der Waals surface area contributed by atoms with Gasteiger partial charge in [-0.05, 0) is 18.6 Å². The van der Waals surface area contributed by atoms with E-state index in [1.54, 1.807) is 0 Å². The summed E-state index contributed by atoms with van der Waals surface area (Å²) < 4.78 is 0. The lowest BCUT2D eigenvalue weighted by atomic mass is 10.2. The third-order valence-corrected chi connectivity index (χ3v) is 2.49. The van der Waals surface area contributed by atoms with Crippen LogP contribution in [-0.2, 0) is 6.54 Å². The maximum atomic E-state index is 4.36. The van der Waals surface area contributed by atoms with E-state index in [-0.39, 0.29) is 0 Å². The van der Waals surface area contributed by atoms with E-state index in [4.69, 9.17) is 0 Å². The van der Waals surface area contributed by atoms with E-state index in [9.17, 15) is 0 Å². The average molecular weight is 221 g/mol. The minimum atomic E-state index is 0.499. The molecule has 0 bridgehead atoms. The van der Waals surface area contributed by atoms with Gasteiger partial charge in [-0.25, -0.2) is 0 Å². The van der Waals surface area contributed by atoms with Gasteiger partial charge in [-0.15, -0.1) is 0 Å². The van der Waals surface area contributed by atoms with Crippen LogP contribution in [0.3, 0.4) is 0 Å². The van der Waals surface area contributed by atoms with Crippen molar-refractivity contribution in [3.05, 3.63) is 24.0 Å². The molecule has 0 unspecified atom stereocenters. The highest BCUT2D eigenvalue weighted by Gasteiger charge is 2.02. The molecule has 1 N–H and O–H groups in total. The predicted octanol–water partition coefficient (Wildman–Crippen LogP) is 2.43. The minimum absolute atomic E-state index is 0.499. The van der Waals surface area contributed by atoms with Crippen LogP contribution in [0.2, 0.25) is 0 Å². The van der Waals surface area contributed by atoms with E-state index >= 15 is 0 Å². The van der Waals surface area contributed by atoms with Crippen molar-refractivity contribution in [2.45, 2.75) is 39.8 Å². The SMILES string of the molecule is CCCN(C)c1ccnc(CNC(C)C)c1. The van der Waals surface area contributed by atoms with Crippen molar-refractivity contribution in [2.75, 3.05) is 18.5 Å². The molecule has 0 spiro atoms. The molecule has 90 valence electrons. The number of pyridine rings is 1. The molecule has 0 atom stereocenters. The van der Waals surface area contributed by atoms with E-state index in [2.05, 4.69) is 55.2 Å². The molecule has 0 amide bonds. The van der Waals surface area contributed by atoms with Crippen molar-refractivity contribution >= 4 is 5.69 Å². The van der Waals surface area contributed by atoms with Crippen LogP contribution in [0.25, 0.3) is 0 Å². The molecule has 0 aliphatic carbocycles. The first-order valence-corrected chi connectivity index (χ1v) is 6.03. The fraction of sp³-hybridized carbons (Fsp3) is 0.615. The molecule has 1 aromatic rings. The monoisotopic (exact) mass is 221 g/mol. The van der Waals surface area contributed by atoms with Gasteiger partial charge in [0.15, 0.2) is 0 Å². The number of nitrogens with zero attached hydrogens (tertiary/aromatic N) is 2. The fourth-order valence-electron chi connectivity index (χ4n) is 1.57. The van der Waals surface area contributed by atoms with Crippen LogP contribution >= 0.6 is 0 Å². The van der Waals surface area contributed by atoms with Crippen molar-refractivity contribution in [3.8, 4) is 0 Å². The molecule has 0 saturated carbocycles. The lowest BCUT2D eigenvalue weighted by Crippen LogP contribution is -2.23. The van der Waals surface area contributed by atoms with Gasteiger partial charge in [-0.3, -0.25) is 4.98 Å². The second-order valence-corrected chi connectivity index (χ2v) is 4.46. The number of rotatable bonds is 6. The molecule has 0 aliphatic heterocycles. The molecular formula is C13H23N3. The summed E-state index contributed by atoms with van der Waals surface area (Å²) >= 11 is 0. The number of hydrogen-bond acceptors (Lipinski definition) is 3. The Hall–Kier alpha value is -1.09. The second kappa shape index (κ2) is 6.48. The molecular weight excluding hydrogens is 198 g/mol. The third-order valence-electron chi connectivity index (χ3n) is 2.49. The molecule has 3 heteroatoms. The van der Waals surface area contributed by atoms with Crippen molar-refractivity contribution in [3.63, 3.8) is 0 Å². The van der Waals surface area contributed by atoms with E-state index in [0.717, 1.165) is 18.8 Å². The summed E-state index contributed by atoms with van der Waals surface area (Å²) in [7, 11) is 2.12. The summed E-state index contributed by atoms with van der Waals surface area (Å²) in [6.07, 6.45) is 3.05. The first kappa shape index (κ1) is 13.0. The molecule has 0 aromatic carbocycles. The predicted molar refractivity (Wildman–Crippen MR) is 69.8 cm³/mol. The molecule has 1 heterocycles. The van der Waals surface area contributed by atoms with Crippen molar-refractivity contribution in [1.82, 2.24) is 10.3 Å². The summed E-state index contributed by atoms with van der Waals surface area (Å²) in [5.41, 5.74) is 2.35. The Morgan fingerprint density at radius 3 is 2.81 bits per heavy atom. The van der Waals surface area contributed by atoms with Crippen LogP contribution in [0.4, 0.5) is 5.69 Å². The highest BCUT2D eigenvalue weighted by molar-refractivity contribution is 5.45. The van der Waals surface area contributed by atoms with Gasteiger partial charge in [0.2, 0.25) is 0 Å². The van der Waals surface area contributed by atoms with Crippen LogP contribution in [0, 0.1) is 0 Å². The lowest BCUT2D eigenvalue weighted by Gasteiger charge is -2.19. The van der Waals surface area contributed by atoms with E-state index < -0.39 is 0 Å². The van der Waals surface area contributed by atoms with Crippen LogP contribution in [0.5, 0.6) is 0 Å². The molecule has 0 fully saturated rings. The number of anilines is 1. The number of aromatic nitrogens is 1. The van der Waals surface area contributed by atoms with Gasteiger partial charge >= 0.3 is 0 Å². The lowest BCUT2D eigenvalue weighted by molar-refractivity contribution is 0.581. The first-order chi connectivity index (χ1) is 7.63. The van der Waals surface area contributed by atoms with Crippen LogP contribution in [0.15, 0.2) is 18.3 Å². The molecule has 0 radical (unpaired) electrons. The van der Waals surface area contributed by atoms with Gasteiger partial charge in [0, 0.05) is 38.1 Å². The maximum absolute atomic E-state index is 4.36. The Bertz CT molecular complexity index is 310. The fourth-order valence-corrected chi connectivity index (χ4v) is 1.57. The average Bonchev–Trinajstić information content (AvgIpc) is 2.27. The Kier molecular flexibility index (Phi) is 5.26. The Morgan fingerprint density at radius 1 is 1.44 bits per heavy atom. The number of nitrogens with one attached hydrogen (secondary N) is 1. The van der Waals surface area contributed by atoms with Crippen LogP contribution in [0.1, 0.15) is 32.9 Å². The van der Waals surface area contributed by atoms with Gasteiger partial charge in [-0.2, -0.15) is 0 Å². The van der Waals surface area contributed by atoms with Gasteiger partial charge in [-0.1, -0.05) is 20.8 Å². The van der Waals surface area contributed by atoms with Gasteiger partial charge in [0.05, 0.1) is 5.69 Å². The van der Waals surface area contributed by atoms with E-state index in [1.165, 1.54) is 12.1 Å². The second-order valence-electron chi connectivity index (χ2n) is 4.46. The summed E-state index contributed by atoms with van der Waals surface area (Å²) in [5.74, 6) is 0. The molecule has 16 heavy (non-hydrogen) atoms. The van der Waals surface area contributed by atoms with Crippen LogP contribution < -0.4 is 10.2 Å². The quantitative estimate of drug-likeness (QED) is 0.799. The van der Waals surface area contributed by atoms with Crippen LogP contribution in [-0.4, -0.2) is 24.6 Å². The molecule has 0 saturated heterocycles. The van der Waals surface area contributed by atoms with Crippen molar-refractivity contribution < 1.29 is 0 Å². The zero-order valence-electron chi connectivity index (χ0n) is 10.8. The summed E-state index contributed by atoms with van der Waals surface area (Å²) in [4.78, 5) is 6.63. The van der Waals surface area contributed by atoms with Gasteiger partial charge in [0.25, 0.3) is 0 Å².